The molecule has 0 aliphatic heterocycles. The van der Waals surface area contributed by atoms with E-state index in [-0.39, 0.29) is 0 Å². The summed E-state index contributed by atoms with van der Waals surface area (Å²) in [5.41, 5.74) is 9.95. The zero-order chi connectivity index (χ0) is 14.6. The highest BCUT2D eigenvalue weighted by Gasteiger charge is 2.29. The predicted molar refractivity (Wildman–Crippen MR) is 91.0 cm³/mol. The van der Waals surface area contributed by atoms with Gasteiger partial charge in [0.2, 0.25) is 0 Å². The third-order valence-electron chi connectivity index (χ3n) is 3.74. The summed E-state index contributed by atoms with van der Waals surface area (Å²) in [6, 6.07) is 6.51. The number of pyridine rings is 1. The lowest BCUT2D eigenvalue weighted by Crippen LogP contribution is -2.00. The van der Waals surface area contributed by atoms with Gasteiger partial charge < -0.3 is 10.3 Å². The Labute approximate surface area is 138 Å². The van der Waals surface area contributed by atoms with E-state index in [9.17, 15) is 0 Å². The number of hydrogen-bond donors (Lipinski definition) is 1. The monoisotopic (exact) mass is 406 g/mol. The van der Waals surface area contributed by atoms with Crippen LogP contribution in [0.5, 0.6) is 0 Å². The van der Waals surface area contributed by atoms with Crippen molar-refractivity contribution in [3.05, 3.63) is 39.5 Å². The number of rotatable bonds is 2. The summed E-state index contributed by atoms with van der Waals surface area (Å²) in [5, 5.41) is 0. The summed E-state index contributed by atoms with van der Waals surface area (Å²) >= 11 is 7.04. The Kier molecular flexibility index (Phi) is 3.04. The van der Waals surface area contributed by atoms with Gasteiger partial charge in [0.1, 0.15) is 11.3 Å². The Morgan fingerprint density at radius 3 is 2.81 bits per heavy atom. The molecular weight excluding hydrogens is 396 g/mol. The minimum atomic E-state index is 0.518. The molecule has 2 N–H and O–H groups in total. The fraction of sp³-hybridized carbons (Fsp3) is 0.200. The average molecular weight is 408 g/mol. The second-order valence-corrected chi connectivity index (χ2v) is 7.02. The minimum absolute atomic E-state index is 0.518. The van der Waals surface area contributed by atoms with Gasteiger partial charge in [0.05, 0.1) is 17.4 Å². The van der Waals surface area contributed by atoms with Crippen LogP contribution in [0.4, 0.5) is 5.69 Å². The maximum Gasteiger partial charge on any atom is 0.143 e. The molecule has 21 heavy (non-hydrogen) atoms. The zero-order valence-electron chi connectivity index (χ0n) is 11.1. The molecule has 0 spiro atoms. The summed E-state index contributed by atoms with van der Waals surface area (Å²) in [6.45, 7) is 0. The highest BCUT2D eigenvalue weighted by molar-refractivity contribution is 9.11. The number of nitrogens with two attached hydrogens (primary N) is 1. The van der Waals surface area contributed by atoms with Crippen LogP contribution >= 0.6 is 31.9 Å². The molecule has 1 aliphatic carbocycles. The maximum absolute atomic E-state index is 6.26. The van der Waals surface area contributed by atoms with Crippen molar-refractivity contribution >= 4 is 48.6 Å². The van der Waals surface area contributed by atoms with Crippen LogP contribution in [-0.4, -0.2) is 14.5 Å². The van der Waals surface area contributed by atoms with Gasteiger partial charge in [-0.25, -0.2) is 4.98 Å². The van der Waals surface area contributed by atoms with Crippen LogP contribution in [-0.2, 0) is 0 Å². The summed E-state index contributed by atoms with van der Waals surface area (Å²) in [7, 11) is 0. The molecule has 1 aromatic carbocycles. The van der Waals surface area contributed by atoms with E-state index in [1.807, 2.05) is 24.4 Å². The van der Waals surface area contributed by atoms with E-state index in [2.05, 4.69) is 41.4 Å². The zero-order valence-corrected chi connectivity index (χ0v) is 14.2. The van der Waals surface area contributed by atoms with Gasteiger partial charge in [0.25, 0.3) is 0 Å². The van der Waals surface area contributed by atoms with Gasteiger partial charge in [-0.2, -0.15) is 0 Å². The van der Waals surface area contributed by atoms with Crippen LogP contribution in [0.15, 0.2) is 39.5 Å². The quantitative estimate of drug-likeness (QED) is 0.634. The van der Waals surface area contributed by atoms with Crippen LogP contribution in [0, 0.1) is 0 Å². The van der Waals surface area contributed by atoms with E-state index in [0.29, 0.717) is 11.7 Å². The Bertz CT molecular complexity index is 852. The van der Waals surface area contributed by atoms with Gasteiger partial charge in [-0.05, 0) is 47.0 Å². The molecule has 3 aromatic rings. The second kappa shape index (κ2) is 4.81. The van der Waals surface area contributed by atoms with Gasteiger partial charge in [-0.15, -0.1) is 0 Å². The Morgan fingerprint density at radius 2 is 2.05 bits per heavy atom. The largest absolute Gasteiger partial charge is 0.397 e. The number of nitrogen functional groups attached to an aromatic ring is 1. The van der Waals surface area contributed by atoms with Crippen molar-refractivity contribution < 1.29 is 0 Å². The number of hydrogen-bond acceptors (Lipinski definition) is 3. The third-order valence-corrected chi connectivity index (χ3v) is 4.85. The predicted octanol–water partition coefficient (Wildman–Crippen LogP) is 4.54. The van der Waals surface area contributed by atoms with Crippen LogP contribution in [0.3, 0.4) is 0 Å². The lowest BCUT2D eigenvalue weighted by molar-refractivity contribution is 0.775. The van der Waals surface area contributed by atoms with Crippen molar-refractivity contribution in [1.29, 1.82) is 0 Å². The Hall–Kier alpha value is -1.40. The van der Waals surface area contributed by atoms with E-state index in [1.54, 1.807) is 6.20 Å². The van der Waals surface area contributed by atoms with Crippen molar-refractivity contribution in [3.8, 4) is 11.4 Å². The van der Waals surface area contributed by atoms with Gasteiger partial charge in [-0.1, -0.05) is 15.9 Å². The van der Waals surface area contributed by atoms with E-state index in [0.717, 1.165) is 31.4 Å². The average Bonchev–Trinajstić information content (AvgIpc) is 3.23. The van der Waals surface area contributed by atoms with Gasteiger partial charge in [0.15, 0.2) is 0 Å². The number of fused-ring (bicyclic) bond motifs is 1. The highest BCUT2D eigenvalue weighted by Crippen LogP contribution is 2.43. The fourth-order valence-electron chi connectivity index (χ4n) is 2.61. The van der Waals surface area contributed by atoms with Crippen LogP contribution in [0.25, 0.3) is 22.4 Å². The van der Waals surface area contributed by atoms with E-state index < -0.39 is 0 Å². The second-order valence-electron chi connectivity index (χ2n) is 5.25. The third kappa shape index (κ3) is 2.17. The summed E-state index contributed by atoms with van der Waals surface area (Å²) in [6.07, 6.45) is 6.00. The SMILES string of the molecule is Nc1c(Br)cc(Br)cc1-c1nc2cnccc2n1C1CC1. The van der Waals surface area contributed by atoms with Crippen LogP contribution < -0.4 is 5.73 Å². The molecule has 1 saturated carbocycles. The van der Waals surface area contributed by atoms with Gasteiger partial charge in [-0.3, -0.25) is 4.98 Å². The summed E-state index contributed by atoms with van der Waals surface area (Å²) in [5.74, 6) is 0.917. The first-order valence-electron chi connectivity index (χ1n) is 6.72. The number of aromatic nitrogens is 3. The van der Waals surface area contributed by atoms with E-state index in [4.69, 9.17) is 10.7 Å². The molecule has 4 rings (SSSR count). The molecule has 0 saturated heterocycles. The van der Waals surface area contributed by atoms with Crippen molar-refractivity contribution in [1.82, 2.24) is 14.5 Å². The molecule has 1 fully saturated rings. The Balaban J connectivity index is 2.05. The first-order chi connectivity index (χ1) is 10.1. The standard InChI is InChI=1S/C15H12Br2N4/c16-8-5-10(14(18)11(17)6-8)15-20-12-7-19-4-3-13(12)21(15)9-1-2-9/h3-7,9H,1-2,18H2. The summed E-state index contributed by atoms with van der Waals surface area (Å²) < 4.78 is 4.15. The number of anilines is 1. The molecule has 0 unspecified atom stereocenters. The molecule has 0 amide bonds. The van der Waals surface area contributed by atoms with Crippen molar-refractivity contribution in [3.63, 3.8) is 0 Å². The number of imidazole rings is 1. The fourth-order valence-corrected chi connectivity index (χ4v) is 3.84. The number of benzene rings is 1. The first-order valence-corrected chi connectivity index (χ1v) is 8.30. The van der Waals surface area contributed by atoms with Crippen molar-refractivity contribution in [2.75, 3.05) is 5.73 Å². The molecule has 0 bridgehead atoms. The lowest BCUT2D eigenvalue weighted by Gasteiger charge is -2.11. The smallest absolute Gasteiger partial charge is 0.143 e. The summed E-state index contributed by atoms with van der Waals surface area (Å²) in [4.78, 5) is 8.94. The van der Waals surface area contributed by atoms with Gasteiger partial charge in [0, 0.05) is 26.7 Å². The first kappa shape index (κ1) is 13.3. The Morgan fingerprint density at radius 1 is 1.24 bits per heavy atom. The van der Waals surface area contributed by atoms with Crippen molar-refractivity contribution in [2.24, 2.45) is 0 Å². The normalized spacial score (nSPS) is 14.8. The van der Waals surface area contributed by atoms with Crippen LogP contribution in [0.1, 0.15) is 18.9 Å². The number of nitrogens with zero attached hydrogens (tertiary/aromatic N) is 3. The molecule has 106 valence electrons. The molecule has 0 radical (unpaired) electrons. The van der Waals surface area contributed by atoms with Gasteiger partial charge >= 0.3 is 0 Å². The minimum Gasteiger partial charge on any atom is -0.397 e. The molecule has 1 aliphatic rings. The lowest BCUT2D eigenvalue weighted by atomic mass is 10.1. The molecule has 6 heteroatoms. The topological polar surface area (TPSA) is 56.7 Å². The molecule has 0 atom stereocenters. The molecular formula is C15H12Br2N4. The maximum atomic E-state index is 6.26. The van der Waals surface area contributed by atoms with Crippen molar-refractivity contribution in [2.45, 2.75) is 18.9 Å². The van der Waals surface area contributed by atoms with E-state index >= 15 is 0 Å². The molecule has 2 aromatic heterocycles. The highest BCUT2D eigenvalue weighted by atomic mass is 79.9. The molecule has 2 heterocycles. The number of halogens is 2. The molecule has 4 nitrogen and oxygen atoms in total. The van der Waals surface area contributed by atoms with E-state index in [1.165, 1.54) is 12.8 Å². The van der Waals surface area contributed by atoms with Crippen LogP contribution in [0.2, 0.25) is 0 Å².